The fourth-order valence-corrected chi connectivity index (χ4v) is 1.72. The Kier molecular flexibility index (Phi) is 6.64. The summed E-state index contributed by atoms with van der Waals surface area (Å²) in [5, 5.41) is 21.4. The summed E-state index contributed by atoms with van der Waals surface area (Å²) < 4.78 is 1.38. The molecule has 0 aliphatic heterocycles. The van der Waals surface area contributed by atoms with Crippen LogP contribution in [0.5, 0.6) is 0 Å². The second-order valence-electron chi connectivity index (χ2n) is 5.44. The van der Waals surface area contributed by atoms with Gasteiger partial charge in [-0.05, 0) is 25.7 Å². The van der Waals surface area contributed by atoms with Gasteiger partial charge < -0.3 is 15.7 Å². The van der Waals surface area contributed by atoms with E-state index < -0.39 is 5.97 Å². The van der Waals surface area contributed by atoms with Crippen LogP contribution in [0.1, 0.15) is 44.1 Å². The van der Waals surface area contributed by atoms with Crippen molar-refractivity contribution in [2.24, 2.45) is 5.92 Å². The van der Waals surface area contributed by atoms with Crippen molar-refractivity contribution >= 4 is 12.0 Å². The van der Waals surface area contributed by atoms with Crippen molar-refractivity contribution in [3.8, 4) is 0 Å². The third-order valence-corrected chi connectivity index (χ3v) is 2.94. The first-order valence-electron chi connectivity index (χ1n) is 7.06. The highest BCUT2D eigenvalue weighted by Crippen LogP contribution is 2.06. The molecule has 0 aliphatic rings. The van der Waals surface area contributed by atoms with Gasteiger partial charge in [-0.2, -0.15) is 0 Å². The number of hydrogen-bond acceptors (Lipinski definition) is 4. The van der Waals surface area contributed by atoms with Gasteiger partial charge >= 0.3 is 12.0 Å². The van der Waals surface area contributed by atoms with Crippen LogP contribution in [0.4, 0.5) is 4.79 Å². The van der Waals surface area contributed by atoms with E-state index in [1.807, 2.05) is 6.92 Å². The second kappa shape index (κ2) is 8.23. The van der Waals surface area contributed by atoms with Crippen molar-refractivity contribution < 1.29 is 14.7 Å². The van der Waals surface area contributed by atoms with Gasteiger partial charge in [-0.3, -0.25) is 0 Å². The van der Waals surface area contributed by atoms with Crippen LogP contribution in [0.25, 0.3) is 0 Å². The summed E-state index contributed by atoms with van der Waals surface area (Å²) in [5.41, 5.74) is -0.109. The number of carbonyl (C=O) groups excluding carboxylic acids is 1. The minimum Gasteiger partial charge on any atom is -0.476 e. The number of nitrogens with zero attached hydrogens (tertiary/aromatic N) is 3. The van der Waals surface area contributed by atoms with Crippen LogP contribution < -0.4 is 10.6 Å². The van der Waals surface area contributed by atoms with E-state index in [4.69, 9.17) is 5.11 Å². The number of rotatable bonds is 8. The van der Waals surface area contributed by atoms with Gasteiger partial charge in [-0.1, -0.05) is 19.1 Å². The number of nitrogens with one attached hydrogen (secondary N) is 2. The number of amides is 2. The van der Waals surface area contributed by atoms with Crippen LogP contribution in [0.15, 0.2) is 6.20 Å². The van der Waals surface area contributed by atoms with Crippen molar-refractivity contribution in [2.75, 3.05) is 6.54 Å². The summed E-state index contributed by atoms with van der Waals surface area (Å²) in [4.78, 5) is 22.3. The molecule has 8 nitrogen and oxygen atoms in total. The van der Waals surface area contributed by atoms with E-state index in [0.29, 0.717) is 19.0 Å². The van der Waals surface area contributed by atoms with Gasteiger partial charge in [0.15, 0.2) is 5.69 Å². The Labute approximate surface area is 123 Å². The number of urea groups is 1. The quantitative estimate of drug-likeness (QED) is 0.665. The molecule has 1 heterocycles. The number of hydrogen-bond donors (Lipinski definition) is 3. The Morgan fingerprint density at radius 3 is 2.62 bits per heavy atom. The van der Waals surface area contributed by atoms with Crippen LogP contribution in [0.3, 0.4) is 0 Å². The highest BCUT2D eigenvalue weighted by atomic mass is 16.4. The van der Waals surface area contributed by atoms with Crippen LogP contribution in [0.2, 0.25) is 0 Å². The Bertz CT molecular complexity index is 472. The lowest BCUT2D eigenvalue weighted by Gasteiger charge is -2.15. The minimum absolute atomic E-state index is 0.109. The van der Waals surface area contributed by atoms with Gasteiger partial charge in [-0.25, -0.2) is 14.3 Å². The fraction of sp³-hybridized carbons (Fsp3) is 0.692. The molecular formula is C13H23N5O3. The molecule has 0 aliphatic carbocycles. The molecule has 0 bridgehead atoms. The first-order chi connectivity index (χ1) is 9.88. The number of aromatic carboxylic acids is 1. The second-order valence-corrected chi connectivity index (χ2v) is 5.44. The predicted octanol–water partition coefficient (Wildman–Crippen LogP) is 1.10. The Morgan fingerprint density at radius 2 is 2.05 bits per heavy atom. The molecule has 1 atom stereocenters. The van der Waals surface area contributed by atoms with Crippen LogP contribution in [-0.4, -0.2) is 44.7 Å². The van der Waals surface area contributed by atoms with Gasteiger partial charge in [-0.15, -0.1) is 5.10 Å². The average molecular weight is 297 g/mol. The molecule has 1 aromatic rings. The zero-order valence-electron chi connectivity index (χ0n) is 12.7. The van der Waals surface area contributed by atoms with Crippen molar-refractivity contribution in [3.05, 3.63) is 11.9 Å². The van der Waals surface area contributed by atoms with E-state index in [2.05, 4.69) is 34.8 Å². The number of carbonyl (C=O) groups is 2. The summed E-state index contributed by atoms with van der Waals surface area (Å²) in [6, 6.07) is -0.109. The zero-order chi connectivity index (χ0) is 15.8. The van der Waals surface area contributed by atoms with Gasteiger partial charge in [0.1, 0.15) is 0 Å². The number of aromatic nitrogens is 3. The van der Waals surface area contributed by atoms with Gasteiger partial charge in [0.25, 0.3) is 0 Å². The van der Waals surface area contributed by atoms with E-state index in [0.717, 1.165) is 12.8 Å². The molecule has 0 radical (unpaired) electrons. The summed E-state index contributed by atoms with van der Waals surface area (Å²) in [6.07, 6.45) is 3.34. The Morgan fingerprint density at radius 1 is 1.33 bits per heavy atom. The van der Waals surface area contributed by atoms with E-state index >= 15 is 0 Å². The molecular weight excluding hydrogens is 274 g/mol. The van der Waals surface area contributed by atoms with Crippen LogP contribution in [-0.2, 0) is 6.54 Å². The summed E-state index contributed by atoms with van der Waals surface area (Å²) in [5.74, 6) is -0.501. The molecule has 0 saturated carbocycles. The molecule has 2 amide bonds. The highest BCUT2D eigenvalue weighted by molar-refractivity contribution is 5.84. The standard InChI is InChI=1S/C13H23N5O3/c1-9(2)4-5-10(3)15-13(21)14-6-7-18-8-11(12(19)20)16-17-18/h8-10H,4-7H2,1-3H3,(H,19,20)(H2,14,15,21). The van der Waals surface area contributed by atoms with E-state index in [9.17, 15) is 9.59 Å². The van der Waals surface area contributed by atoms with Crippen LogP contribution in [0, 0.1) is 5.92 Å². The first-order valence-corrected chi connectivity index (χ1v) is 7.06. The topological polar surface area (TPSA) is 109 Å². The summed E-state index contributed by atoms with van der Waals surface area (Å²) >= 11 is 0. The monoisotopic (exact) mass is 297 g/mol. The lowest BCUT2D eigenvalue weighted by atomic mass is 10.0. The molecule has 118 valence electrons. The maximum absolute atomic E-state index is 11.6. The predicted molar refractivity (Wildman–Crippen MR) is 77.0 cm³/mol. The zero-order valence-corrected chi connectivity index (χ0v) is 12.7. The normalized spacial score (nSPS) is 12.2. The molecule has 8 heteroatoms. The van der Waals surface area contributed by atoms with Gasteiger partial charge in [0, 0.05) is 12.6 Å². The smallest absolute Gasteiger partial charge is 0.358 e. The molecule has 3 N–H and O–H groups in total. The van der Waals surface area contributed by atoms with E-state index in [1.165, 1.54) is 10.9 Å². The highest BCUT2D eigenvalue weighted by Gasteiger charge is 2.09. The largest absolute Gasteiger partial charge is 0.476 e. The summed E-state index contributed by atoms with van der Waals surface area (Å²) in [6.45, 7) is 6.99. The van der Waals surface area contributed by atoms with Crippen molar-refractivity contribution in [1.29, 1.82) is 0 Å². The minimum atomic E-state index is -1.12. The van der Waals surface area contributed by atoms with Crippen molar-refractivity contribution in [1.82, 2.24) is 25.6 Å². The number of carboxylic acid groups (broad SMARTS) is 1. The maximum Gasteiger partial charge on any atom is 0.358 e. The fourth-order valence-electron chi connectivity index (χ4n) is 1.72. The van der Waals surface area contributed by atoms with E-state index in [1.54, 1.807) is 0 Å². The van der Waals surface area contributed by atoms with Crippen LogP contribution >= 0.6 is 0 Å². The molecule has 0 spiro atoms. The van der Waals surface area contributed by atoms with E-state index in [-0.39, 0.29) is 17.8 Å². The molecule has 21 heavy (non-hydrogen) atoms. The molecule has 1 rings (SSSR count). The Balaban J connectivity index is 2.22. The molecule has 0 fully saturated rings. The third-order valence-electron chi connectivity index (χ3n) is 2.94. The number of carboxylic acids is 1. The SMILES string of the molecule is CC(C)CCC(C)NC(=O)NCCn1cc(C(=O)O)nn1. The lowest BCUT2D eigenvalue weighted by molar-refractivity contribution is 0.0690. The molecule has 1 aromatic heterocycles. The van der Waals surface area contributed by atoms with Gasteiger partial charge in [0.05, 0.1) is 12.7 Å². The Hall–Kier alpha value is -2.12. The molecule has 0 aromatic carbocycles. The maximum atomic E-state index is 11.6. The third kappa shape index (κ3) is 6.73. The first kappa shape index (κ1) is 16.9. The lowest BCUT2D eigenvalue weighted by Crippen LogP contribution is -2.42. The average Bonchev–Trinajstić information content (AvgIpc) is 2.85. The van der Waals surface area contributed by atoms with Gasteiger partial charge in [0.2, 0.25) is 0 Å². The molecule has 1 unspecified atom stereocenters. The van der Waals surface area contributed by atoms with Crippen molar-refractivity contribution in [3.63, 3.8) is 0 Å². The molecule has 0 saturated heterocycles. The summed E-state index contributed by atoms with van der Waals surface area (Å²) in [7, 11) is 0. The van der Waals surface area contributed by atoms with Crippen molar-refractivity contribution in [2.45, 2.75) is 46.2 Å².